The molecule has 0 spiro atoms. The first kappa shape index (κ1) is 10.4. The van der Waals surface area contributed by atoms with E-state index in [1.807, 2.05) is 6.92 Å². The molecule has 1 aliphatic rings. The van der Waals surface area contributed by atoms with E-state index in [2.05, 4.69) is 14.9 Å². The molecule has 1 N–H and O–H groups in total. The lowest BCUT2D eigenvalue weighted by molar-refractivity contribution is 0.208. The minimum Gasteiger partial charge on any atom is -0.396 e. The maximum atomic E-state index is 9.15. The van der Waals surface area contributed by atoms with Crippen LogP contribution in [0.4, 0.5) is 5.82 Å². The van der Waals surface area contributed by atoms with E-state index < -0.39 is 0 Å². The van der Waals surface area contributed by atoms with Gasteiger partial charge < -0.3 is 10.0 Å². The van der Waals surface area contributed by atoms with Gasteiger partial charge in [0.25, 0.3) is 0 Å². The number of piperidine rings is 1. The monoisotopic (exact) mass is 207 g/mol. The Morgan fingerprint density at radius 3 is 3.13 bits per heavy atom. The molecule has 0 aromatic carbocycles. The maximum absolute atomic E-state index is 9.15. The lowest BCUT2D eigenvalue weighted by Crippen LogP contribution is -2.37. The minimum absolute atomic E-state index is 0.274. The van der Waals surface area contributed by atoms with E-state index in [4.69, 9.17) is 5.11 Å². The Morgan fingerprint density at radius 1 is 1.53 bits per heavy atom. The normalized spacial score (nSPS) is 21.7. The summed E-state index contributed by atoms with van der Waals surface area (Å²) in [4.78, 5) is 10.8. The van der Waals surface area contributed by atoms with Gasteiger partial charge in [0.05, 0.1) is 11.9 Å². The van der Waals surface area contributed by atoms with E-state index in [1.165, 1.54) is 0 Å². The van der Waals surface area contributed by atoms with Crippen LogP contribution in [0.5, 0.6) is 0 Å². The fourth-order valence-electron chi connectivity index (χ4n) is 2.02. The standard InChI is InChI=1S/C11H17N3O/c1-9-5-12-6-11(13-9)14-4-2-3-10(7-14)8-15/h5-6,10,15H,2-4,7-8H2,1H3/t10-/m1/s1. The molecule has 1 aromatic heterocycles. The Bertz CT molecular complexity index is 329. The Balaban J connectivity index is 2.09. The number of aryl methyl sites for hydroxylation is 1. The van der Waals surface area contributed by atoms with Gasteiger partial charge in [0.1, 0.15) is 5.82 Å². The van der Waals surface area contributed by atoms with Crippen molar-refractivity contribution in [2.75, 3.05) is 24.6 Å². The van der Waals surface area contributed by atoms with Gasteiger partial charge in [0, 0.05) is 25.9 Å². The molecule has 1 atom stereocenters. The fourth-order valence-corrected chi connectivity index (χ4v) is 2.02. The van der Waals surface area contributed by atoms with E-state index in [9.17, 15) is 0 Å². The van der Waals surface area contributed by atoms with Crippen LogP contribution in [0, 0.1) is 12.8 Å². The molecule has 82 valence electrons. The average Bonchev–Trinajstić information content (AvgIpc) is 2.29. The number of anilines is 1. The fraction of sp³-hybridized carbons (Fsp3) is 0.636. The van der Waals surface area contributed by atoms with Crippen LogP contribution in [0.15, 0.2) is 12.4 Å². The van der Waals surface area contributed by atoms with Crippen LogP contribution >= 0.6 is 0 Å². The van der Waals surface area contributed by atoms with E-state index in [-0.39, 0.29) is 6.61 Å². The second-order valence-electron chi connectivity index (χ2n) is 4.16. The van der Waals surface area contributed by atoms with Crippen LogP contribution in [0.25, 0.3) is 0 Å². The molecule has 1 fully saturated rings. The highest BCUT2D eigenvalue weighted by atomic mass is 16.3. The van der Waals surface area contributed by atoms with E-state index >= 15 is 0 Å². The topological polar surface area (TPSA) is 49.2 Å². The van der Waals surface area contributed by atoms with Gasteiger partial charge in [-0.05, 0) is 25.7 Å². The van der Waals surface area contributed by atoms with Crippen LogP contribution in [-0.2, 0) is 0 Å². The summed E-state index contributed by atoms with van der Waals surface area (Å²) in [5.41, 5.74) is 0.943. The van der Waals surface area contributed by atoms with E-state index in [0.29, 0.717) is 5.92 Å². The number of rotatable bonds is 2. The van der Waals surface area contributed by atoms with Crippen LogP contribution in [0.3, 0.4) is 0 Å². The van der Waals surface area contributed by atoms with Crippen molar-refractivity contribution in [1.82, 2.24) is 9.97 Å². The van der Waals surface area contributed by atoms with Crippen molar-refractivity contribution in [3.05, 3.63) is 18.1 Å². The molecule has 0 bridgehead atoms. The summed E-state index contributed by atoms with van der Waals surface area (Å²) in [6.07, 6.45) is 5.80. The van der Waals surface area contributed by atoms with Crippen molar-refractivity contribution >= 4 is 5.82 Å². The second-order valence-corrected chi connectivity index (χ2v) is 4.16. The van der Waals surface area contributed by atoms with Gasteiger partial charge in [-0.2, -0.15) is 0 Å². The van der Waals surface area contributed by atoms with Crippen molar-refractivity contribution in [3.8, 4) is 0 Å². The Kier molecular flexibility index (Phi) is 3.16. The van der Waals surface area contributed by atoms with Crippen molar-refractivity contribution < 1.29 is 5.11 Å². The first-order valence-electron chi connectivity index (χ1n) is 5.44. The lowest BCUT2D eigenvalue weighted by Gasteiger charge is -2.32. The molecule has 0 saturated carbocycles. The summed E-state index contributed by atoms with van der Waals surface area (Å²) in [7, 11) is 0. The quantitative estimate of drug-likeness (QED) is 0.785. The van der Waals surface area contributed by atoms with Crippen LogP contribution in [0.2, 0.25) is 0 Å². The summed E-state index contributed by atoms with van der Waals surface area (Å²) >= 11 is 0. The largest absolute Gasteiger partial charge is 0.396 e. The van der Waals surface area contributed by atoms with E-state index in [0.717, 1.165) is 37.4 Å². The zero-order chi connectivity index (χ0) is 10.7. The predicted molar refractivity (Wildman–Crippen MR) is 58.8 cm³/mol. The highest BCUT2D eigenvalue weighted by molar-refractivity contribution is 5.36. The molecular formula is C11H17N3O. The molecule has 0 amide bonds. The minimum atomic E-state index is 0.274. The van der Waals surface area contributed by atoms with E-state index in [1.54, 1.807) is 12.4 Å². The molecule has 1 aromatic rings. The smallest absolute Gasteiger partial charge is 0.147 e. The number of hydrogen-bond acceptors (Lipinski definition) is 4. The van der Waals surface area contributed by atoms with Crippen molar-refractivity contribution in [2.24, 2.45) is 5.92 Å². The molecule has 0 radical (unpaired) electrons. The zero-order valence-electron chi connectivity index (χ0n) is 9.06. The Hall–Kier alpha value is -1.16. The SMILES string of the molecule is Cc1cncc(N2CCC[C@@H](CO)C2)n1. The van der Waals surface area contributed by atoms with Gasteiger partial charge >= 0.3 is 0 Å². The van der Waals surface area contributed by atoms with Gasteiger partial charge in [-0.25, -0.2) is 4.98 Å². The molecule has 15 heavy (non-hydrogen) atoms. The van der Waals surface area contributed by atoms with Gasteiger partial charge in [-0.15, -0.1) is 0 Å². The third kappa shape index (κ3) is 2.45. The molecule has 1 aliphatic heterocycles. The molecule has 4 heteroatoms. The summed E-state index contributed by atoms with van der Waals surface area (Å²) in [5.74, 6) is 1.33. The van der Waals surface area contributed by atoms with Crippen molar-refractivity contribution in [3.63, 3.8) is 0 Å². The highest BCUT2D eigenvalue weighted by Gasteiger charge is 2.20. The van der Waals surface area contributed by atoms with Gasteiger partial charge in [-0.3, -0.25) is 4.98 Å². The number of aliphatic hydroxyl groups excluding tert-OH is 1. The summed E-state index contributed by atoms with van der Waals surface area (Å²) in [6, 6.07) is 0. The first-order valence-corrected chi connectivity index (χ1v) is 5.44. The first-order chi connectivity index (χ1) is 7.29. The molecular weight excluding hydrogens is 190 g/mol. The Morgan fingerprint density at radius 2 is 2.40 bits per heavy atom. The van der Waals surface area contributed by atoms with Gasteiger partial charge in [-0.1, -0.05) is 0 Å². The number of nitrogens with zero attached hydrogens (tertiary/aromatic N) is 3. The molecule has 1 saturated heterocycles. The third-order valence-corrected chi connectivity index (χ3v) is 2.84. The molecule has 0 aliphatic carbocycles. The summed E-state index contributed by atoms with van der Waals surface area (Å²) in [5, 5.41) is 9.15. The molecule has 2 rings (SSSR count). The van der Waals surface area contributed by atoms with Crippen molar-refractivity contribution in [1.29, 1.82) is 0 Å². The zero-order valence-corrected chi connectivity index (χ0v) is 9.06. The average molecular weight is 207 g/mol. The van der Waals surface area contributed by atoms with Gasteiger partial charge in [0.2, 0.25) is 0 Å². The molecule has 0 unspecified atom stereocenters. The molecule has 4 nitrogen and oxygen atoms in total. The molecule has 2 heterocycles. The highest BCUT2D eigenvalue weighted by Crippen LogP contribution is 2.20. The predicted octanol–water partition coefficient (Wildman–Crippen LogP) is 0.994. The Labute approximate surface area is 90.0 Å². The third-order valence-electron chi connectivity index (χ3n) is 2.84. The van der Waals surface area contributed by atoms with Gasteiger partial charge in [0.15, 0.2) is 0 Å². The number of aliphatic hydroxyl groups is 1. The maximum Gasteiger partial charge on any atom is 0.147 e. The summed E-state index contributed by atoms with van der Waals surface area (Å²) < 4.78 is 0. The number of aromatic nitrogens is 2. The van der Waals surface area contributed by atoms with Crippen LogP contribution in [-0.4, -0.2) is 34.8 Å². The summed E-state index contributed by atoms with van der Waals surface area (Å²) in [6.45, 7) is 4.14. The number of hydrogen-bond donors (Lipinski definition) is 1. The van der Waals surface area contributed by atoms with Crippen LogP contribution < -0.4 is 4.90 Å². The van der Waals surface area contributed by atoms with Crippen LogP contribution in [0.1, 0.15) is 18.5 Å². The van der Waals surface area contributed by atoms with Crippen molar-refractivity contribution in [2.45, 2.75) is 19.8 Å². The lowest BCUT2D eigenvalue weighted by atomic mass is 9.99. The second kappa shape index (κ2) is 4.57.